The summed E-state index contributed by atoms with van der Waals surface area (Å²) in [6.07, 6.45) is 1.64. The quantitative estimate of drug-likeness (QED) is 0.771. The number of rotatable bonds is 4. The summed E-state index contributed by atoms with van der Waals surface area (Å²) >= 11 is 0. The summed E-state index contributed by atoms with van der Waals surface area (Å²) < 4.78 is 0. The van der Waals surface area contributed by atoms with E-state index in [0.29, 0.717) is 0 Å². The minimum atomic E-state index is -0.0584. The van der Waals surface area contributed by atoms with Crippen LogP contribution in [0.1, 0.15) is 19.4 Å². The molecule has 3 heteroatoms. The van der Waals surface area contributed by atoms with Crippen LogP contribution in [0.3, 0.4) is 0 Å². The molecule has 0 saturated heterocycles. The second-order valence-corrected chi connectivity index (χ2v) is 3.60. The molecule has 84 valence electrons. The fourth-order valence-electron chi connectivity index (χ4n) is 1.16. The molecule has 0 radical (unpaired) electrons. The molecule has 2 N–H and O–H groups in total. The smallest absolute Gasteiger partial charge is 0.0884 e. The zero-order valence-corrected chi connectivity index (χ0v) is 9.72. The zero-order chi connectivity index (χ0) is 12.0. The van der Waals surface area contributed by atoms with Crippen molar-refractivity contribution in [3.05, 3.63) is 42.1 Å². The van der Waals surface area contributed by atoms with Crippen LogP contribution in [0.15, 0.2) is 46.5 Å². The lowest BCUT2D eigenvalue weighted by Crippen LogP contribution is -2.24. The van der Waals surface area contributed by atoms with Gasteiger partial charge in [0.25, 0.3) is 0 Å². The van der Waals surface area contributed by atoms with E-state index in [1.807, 2.05) is 44.2 Å². The Morgan fingerprint density at radius 2 is 2.00 bits per heavy atom. The molecular formula is C13H17N3. The Morgan fingerprint density at radius 1 is 1.38 bits per heavy atom. The van der Waals surface area contributed by atoms with Crippen LogP contribution in [0.5, 0.6) is 0 Å². The molecule has 0 unspecified atom stereocenters. The van der Waals surface area contributed by atoms with Crippen molar-refractivity contribution in [2.75, 3.05) is 0 Å². The second-order valence-electron chi connectivity index (χ2n) is 3.60. The average molecular weight is 215 g/mol. The van der Waals surface area contributed by atoms with E-state index >= 15 is 0 Å². The largest absolute Gasteiger partial charge is 0.323 e. The van der Waals surface area contributed by atoms with E-state index in [1.54, 1.807) is 6.20 Å². The summed E-state index contributed by atoms with van der Waals surface area (Å²) in [4.78, 5) is 8.22. The Balaban J connectivity index is 3.08. The highest BCUT2D eigenvalue weighted by Gasteiger charge is 2.02. The standard InChI is InChI=1S/C13H17N3/c1-10(14)11(2)16-13(9-15-3)12-7-5-4-6-8-12/h4-10H,3,14H2,1-2H3/b13-9-,16-11+/t10-/m0/s1. The van der Waals surface area contributed by atoms with Gasteiger partial charge in [0.05, 0.1) is 11.9 Å². The normalized spacial score (nSPS) is 14.7. The Hall–Kier alpha value is -1.74. The Morgan fingerprint density at radius 3 is 2.50 bits per heavy atom. The summed E-state index contributed by atoms with van der Waals surface area (Å²) in [6, 6.07) is 9.79. The van der Waals surface area contributed by atoms with Crippen LogP contribution in [-0.2, 0) is 0 Å². The molecule has 0 spiro atoms. The average Bonchev–Trinajstić information content (AvgIpc) is 2.29. The maximum absolute atomic E-state index is 5.75. The summed E-state index contributed by atoms with van der Waals surface area (Å²) in [5, 5.41) is 0. The molecule has 0 aliphatic heterocycles. The molecule has 0 aromatic heterocycles. The van der Waals surface area contributed by atoms with Crippen molar-refractivity contribution >= 4 is 18.1 Å². The first kappa shape index (κ1) is 12.3. The van der Waals surface area contributed by atoms with Crippen LogP contribution >= 0.6 is 0 Å². The van der Waals surface area contributed by atoms with Gasteiger partial charge < -0.3 is 5.73 Å². The van der Waals surface area contributed by atoms with Gasteiger partial charge in [-0.25, -0.2) is 0 Å². The number of benzene rings is 1. The van der Waals surface area contributed by atoms with Crippen molar-refractivity contribution in [1.82, 2.24) is 0 Å². The summed E-state index contributed by atoms with van der Waals surface area (Å²) in [5.41, 5.74) is 8.42. The van der Waals surface area contributed by atoms with Gasteiger partial charge in [-0.1, -0.05) is 30.3 Å². The van der Waals surface area contributed by atoms with E-state index in [-0.39, 0.29) is 6.04 Å². The molecule has 0 aliphatic rings. The van der Waals surface area contributed by atoms with Gasteiger partial charge in [-0.05, 0) is 20.6 Å². The first-order valence-corrected chi connectivity index (χ1v) is 5.17. The molecule has 1 atom stereocenters. The Labute approximate surface area is 96.4 Å². The van der Waals surface area contributed by atoms with Crippen LogP contribution in [0, 0.1) is 0 Å². The van der Waals surface area contributed by atoms with Crippen molar-refractivity contribution in [2.45, 2.75) is 19.9 Å². The van der Waals surface area contributed by atoms with Crippen molar-refractivity contribution in [2.24, 2.45) is 15.7 Å². The van der Waals surface area contributed by atoms with E-state index in [2.05, 4.69) is 16.7 Å². The summed E-state index contributed by atoms with van der Waals surface area (Å²) in [5.74, 6) is 0. The third kappa shape index (κ3) is 3.44. The van der Waals surface area contributed by atoms with Crippen molar-refractivity contribution in [1.29, 1.82) is 0 Å². The van der Waals surface area contributed by atoms with Crippen LogP contribution in [0.2, 0.25) is 0 Å². The lowest BCUT2D eigenvalue weighted by atomic mass is 10.1. The highest BCUT2D eigenvalue weighted by molar-refractivity contribution is 5.91. The maximum atomic E-state index is 5.75. The molecule has 3 nitrogen and oxygen atoms in total. The first-order valence-electron chi connectivity index (χ1n) is 5.17. The number of nitrogens with zero attached hydrogens (tertiary/aromatic N) is 2. The molecule has 16 heavy (non-hydrogen) atoms. The summed E-state index contributed by atoms with van der Waals surface area (Å²) in [7, 11) is 0. The fraction of sp³-hybridized carbons (Fsp3) is 0.231. The predicted molar refractivity (Wildman–Crippen MR) is 70.7 cm³/mol. The molecule has 1 aromatic carbocycles. The number of aliphatic imine (C=N–C) groups is 2. The molecule has 1 rings (SSSR count). The Bertz CT molecular complexity index is 402. The van der Waals surface area contributed by atoms with Gasteiger partial charge in [-0.15, -0.1) is 0 Å². The minimum absolute atomic E-state index is 0.0584. The van der Waals surface area contributed by atoms with Gasteiger partial charge in [0, 0.05) is 17.3 Å². The maximum Gasteiger partial charge on any atom is 0.0884 e. The molecule has 0 fully saturated rings. The van der Waals surface area contributed by atoms with Crippen LogP contribution in [0.4, 0.5) is 0 Å². The number of hydrogen-bond donors (Lipinski definition) is 1. The van der Waals surface area contributed by atoms with E-state index in [9.17, 15) is 0 Å². The molecular weight excluding hydrogens is 198 g/mol. The van der Waals surface area contributed by atoms with E-state index in [1.165, 1.54) is 0 Å². The molecule has 0 bridgehead atoms. The van der Waals surface area contributed by atoms with E-state index < -0.39 is 0 Å². The second kappa shape index (κ2) is 5.98. The highest BCUT2D eigenvalue weighted by Crippen LogP contribution is 2.16. The molecule has 0 amide bonds. The van der Waals surface area contributed by atoms with Crippen LogP contribution in [0.25, 0.3) is 5.70 Å². The highest BCUT2D eigenvalue weighted by atomic mass is 14.8. The molecule has 0 aliphatic carbocycles. The monoisotopic (exact) mass is 215 g/mol. The van der Waals surface area contributed by atoms with Crippen molar-refractivity contribution < 1.29 is 0 Å². The number of hydrogen-bond acceptors (Lipinski definition) is 3. The third-order valence-corrected chi connectivity index (χ3v) is 2.24. The third-order valence-electron chi connectivity index (χ3n) is 2.24. The van der Waals surface area contributed by atoms with Crippen LogP contribution < -0.4 is 5.73 Å². The predicted octanol–water partition coefficient (Wildman–Crippen LogP) is 2.49. The van der Waals surface area contributed by atoms with Gasteiger partial charge in [0.15, 0.2) is 0 Å². The number of nitrogens with two attached hydrogens (primary N) is 1. The molecule has 0 heterocycles. The minimum Gasteiger partial charge on any atom is -0.323 e. The summed E-state index contributed by atoms with van der Waals surface area (Å²) in [6.45, 7) is 7.26. The topological polar surface area (TPSA) is 50.7 Å². The van der Waals surface area contributed by atoms with Gasteiger partial charge in [0.2, 0.25) is 0 Å². The lowest BCUT2D eigenvalue weighted by Gasteiger charge is -2.06. The van der Waals surface area contributed by atoms with Crippen molar-refractivity contribution in [3.8, 4) is 0 Å². The van der Waals surface area contributed by atoms with Gasteiger partial charge in [-0.3, -0.25) is 9.98 Å². The first-order chi connectivity index (χ1) is 7.65. The molecule has 0 saturated carbocycles. The van der Waals surface area contributed by atoms with Crippen molar-refractivity contribution in [3.63, 3.8) is 0 Å². The zero-order valence-electron chi connectivity index (χ0n) is 9.72. The van der Waals surface area contributed by atoms with Crippen LogP contribution in [-0.4, -0.2) is 18.5 Å². The van der Waals surface area contributed by atoms with Gasteiger partial charge >= 0.3 is 0 Å². The van der Waals surface area contributed by atoms with E-state index in [4.69, 9.17) is 5.73 Å². The van der Waals surface area contributed by atoms with Gasteiger partial charge in [-0.2, -0.15) is 0 Å². The van der Waals surface area contributed by atoms with Gasteiger partial charge in [0.1, 0.15) is 0 Å². The lowest BCUT2D eigenvalue weighted by molar-refractivity contribution is 0.967. The SMILES string of the molecule is C=N/C=C(\N=C(/C)[C@H](C)N)c1ccccc1. The van der Waals surface area contributed by atoms with E-state index in [0.717, 1.165) is 17.0 Å². The fourth-order valence-corrected chi connectivity index (χ4v) is 1.16. The Kier molecular flexibility index (Phi) is 4.61. The molecule has 1 aromatic rings.